The third-order valence-corrected chi connectivity index (χ3v) is 5.85. The van der Waals surface area contributed by atoms with Gasteiger partial charge < -0.3 is 4.90 Å². The second-order valence-electron chi connectivity index (χ2n) is 6.76. The molecule has 0 N–H and O–H groups in total. The molecular weight excluding hydrogens is 224 g/mol. The van der Waals surface area contributed by atoms with Crippen LogP contribution in [-0.4, -0.2) is 47.4 Å². The van der Waals surface area contributed by atoms with Crippen molar-refractivity contribution in [1.82, 2.24) is 9.80 Å². The number of rotatable bonds is 0. The molecule has 0 unspecified atom stereocenters. The van der Waals surface area contributed by atoms with E-state index in [0.717, 1.165) is 12.5 Å². The average molecular weight is 248 g/mol. The van der Waals surface area contributed by atoms with Gasteiger partial charge in [-0.05, 0) is 51.0 Å². The van der Waals surface area contributed by atoms with Gasteiger partial charge in [0.15, 0.2) is 0 Å². The first-order valence-electron chi connectivity index (χ1n) is 7.89. The molecule has 0 saturated carbocycles. The lowest BCUT2D eigenvalue weighted by atomic mass is 9.70. The molecule has 3 nitrogen and oxygen atoms in total. The fourth-order valence-corrected chi connectivity index (χ4v) is 5.04. The van der Waals surface area contributed by atoms with E-state index in [2.05, 4.69) is 9.80 Å². The van der Waals surface area contributed by atoms with Gasteiger partial charge in [-0.3, -0.25) is 9.69 Å². The maximum Gasteiger partial charge on any atom is 0.227 e. The zero-order valence-corrected chi connectivity index (χ0v) is 11.2. The molecule has 4 rings (SSSR count). The second-order valence-corrected chi connectivity index (χ2v) is 6.76. The summed E-state index contributed by atoms with van der Waals surface area (Å²) in [6.45, 7) is 3.57. The lowest BCUT2D eigenvalue weighted by molar-refractivity contribution is -0.158. The van der Waals surface area contributed by atoms with Gasteiger partial charge in [-0.15, -0.1) is 0 Å². The number of hydrogen-bond donors (Lipinski definition) is 0. The largest absolute Gasteiger partial charge is 0.339 e. The number of nitrogens with zero attached hydrogens (tertiary/aromatic N) is 2. The summed E-state index contributed by atoms with van der Waals surface area (Å²) in [7, 11) is 0. The Morgan fingerprint density at radius 3 is 2.61 bits per heavy atom. The Balaban J connectivity index is 1.63. The van der Waals surface area contributed by atoms with Crippen molar-refractivity contribution < 1.29 is 4.79 Å². The summed E-state index contributed by atoms with van der Waals surface area (Å²) < 4.78 is 0. The van der Waals surface area contributed by atoms with E-state index in [4.69, 9.17) is 0 Å². The van der Waals surface area contributed by atoms with Crippen molar-refractivity contribution in [1.29, 1.82) is 0 Å². The lowest BCUT2D eigenvalue weighted by Crippen LogP contribution is -2.65. The van der Waals surface area contributed by atoms with E-state index in [-0.39, 0.29) is 0 Å². The minimum absolute atomic E-state index is 0.346. The van der Waals surface area contributed by atoms with Crippen molar-refractivity contribution >= 4 is 5.91 Å². The van der Waals surface area contributed by atoms with Crippen LogP contribution in [0.2, 0.25) is 0 Å². The number of piperidine rings is 4. The highest BCUT2D eigenvalue weighted by atomic mass is 16.2. The predicted octanol–water partition coefficient (Wildman–Crippen LogP) is 1.87. The number of fused-ring (bicyclic) bond motifs is 6. The molecule has 18 heavy (non-hydrogen) atoms. The minimum Gasteiger partial charge on any atom is -0.339 e. The second kappa shape index (κ2) is 4.22. The van der Waals surface area contributed by atoms with Crippen molar-refractivity contribution in [3.63, 3.8) is 0 Å². The van der Waals surface area contributed by atoms with Crippen LogP contribution in [0, 0.1) is 11.8 Å². The lowest BCUT2D eigenvalue weighted by Gasteiger charge is -2.56. The summed E-state index contributed by atoms with van der Waals surface area (Å²) in [5.74, 6) is 1.63. The van der Waals surface area contributed by atoms with Gasteiger partial charge in [0.2, 0.25) is 5.91 Å². The summed E-state index contributed by atoms with van der Waals surface area (Å²) in [6, 6.07) is 1.18. The first-order chi connectivity index (χ1) is 8.84. The third kappa shape index (κ3) is 1.56. The maximum atomic E-state index is 12.7. The van der Waals surface area contributed by atoms with Gasteiger partial charge >= 0.3 is 0 Å². The normalized spacial score (nSPS) is 44.4. The zero-order chi connectivity index (χ0) is 12.1. The molecule has 4 aliphatic heterocycles. The number of amides is 1. The van der Waals surface area contributed by atoms with E-state index < -0.39 is 0 Å². The third-order valence-electron chi connectivity index (χ3n) is 5.85. The molecule has 0 radical (unpaired) electrons. The summed E-state index contributed by atoms with van der Waals surface area (Å²) in [6.07, 6.45) is 8.97. The Morgan fingerprint density at radius 1 is 0.944 bits per heavy atom. The highest BCUT2D eigenvalue weighted by Gasteiger charge is 2.50. The van der Waals surface area contributed by atoms with Gasteiger partial charge in [0.05, 0.1) is 5.92 Å². The Kier molecular flexibility index (Phi) is 2.65. The van der Waals surface area contributed by atoms with Crippen LogP contribution in [-0.2, 0) is 4.79 Å². The molecule has 0 aliphatic carbocycles. The van der Waals surface area contributed by atoms with Gasteiger partial charge in [-0.2, -0.15) is 0 Å². The van der Waals surface area contributed by atoms with Gasteiger partial charge in [-0.1, -0.05) is 6.42 Å². The minimum atomic E-state index is 0.346. The van der Waals surface area contributed by atoms with E-state index in [1.165, 1.54) is 58.0 Å². The van der Waals surface area contributed by atoms with Crippen molar-refractivity contribution in [2.75, 3.05) is 19.6 Å². The maximum absolute atomic E-state index is 12.7. The van der Waals surface area contributed by atoms with Crippen LogP contribution >= 0.6 is 0 Å². The zero-order valence-electron chi connectivity index (χ0n) is 11.2. The molecule has 4 fully saturated rings. The Hall–Kier alpha value is -0.570. The van der Waals surface area contributed by atoms with Crippen molar-refractivity contribution in [3.8, 4) is 0 Å². The van der Waals surface area contributed by atoms with Crippen LogP contribution in [0.4, 0.5) is 0 Å². The van der Waals surface area contributed by atoms with Gasteiger partial charge in [0.1, 0.15) is 0 Å². The van der Waals surface area contributed by atoms with Crippen LogP contribution in [0.15, 0.2) is 0 Å². The van der Waals surface area contributed by atoms with Crippen LogP contribution in [0.1, 0.15) is 44.9 Å². The predicted molar refractivity (Wildman–Crippen MR) is 70.2 cm³/mol. The van der Waals surface area contributed by atoms with Crippen LogP contribution in [0.3, 0.4) is 0 Å². The molecule has 4 atom stereocenters. The summed E-state index contributed by atoms with van der Waals surface area (Å²) in [5.41, 5.74) is 0. The van der Waals surface area contributed by atoms with E-state index in [1.54, 1.807) is 0 Å². The van der Waals surface area contributed by atoms with Crippen LogP contribution in [0.25, 0.3) is 0 Å². The summed E-state index contributed by atoms with van der Waals surface area (Å²) in [4.78, 5) is 17.7. The molecule has 4 heterocycles. The molecule has 2 bridgehead atoms. The Bertz CT molecular complexity index is 354. The molecule has 4 saturated heterocycles. The van der Waals surface area contributed by atoms with E-state index in [0.29, 0.717) is 23.9 Å². The van der Waals surface area contributed by atoms with Crippen molar-refractivity contribution in [2.24, 2.45) is 11.8 Å². The highest BCUT2D eigenvalue weighted by molar-refractivity contribution is 5.81. The average Bonchev–Trinajstić information content (AvgIpc) is 2.44. The first-order valence-corrected chi connectivity index (χ1v) is 7.89. The number of carbonyl (C=O) groups is 1. The van der Waals surface area contributed by atoms with Gasteiger partial charge in [0, 0.05) is 25.2 Å². The van der Waals surface area contributed by atoms with E-state index >= 15 is 0 Å². The standard InChI is InChI=1S/C15H24N2O/c18-15-12-9-11(13-5-2-4-8-17(13)15)10-16-7-3-1-6-14(12)16/h11-14H,1-10H2/t11-,12+,13+,14-/m1/s1. The molecular formula is C15H24N2O. The monoisotopic (exact) mass is 248 g/mol. The molecule has 3 heteroatoms. The number of carbonyl (C=O) groups excluding carboxylic acids is 1. The molecule has 100 valence electrons. The SMILES string of the molecule is O=C1[C@H]2C[C@H](CN3CCCC[C@H]23)[C@@H]2CCCCN12. The Labute approximate surface area is 110 Å². The van der Waals surface area contributed by atoms with Gasteiger partial charge in [-0.25, -0.2) is 0 Å². The summed E-state index contributed by atoms with van der Waals surface area (Å²) in [5, 5.41) is 0. The Morgan fingerprint density at radius 2 is 1.72 bits per heavy atom. The number of hydrogen-bond acceptors (Lipinski definition) is 2. The molecule has 0 aromatic carbocycles. The fourth-order valence-electron chi connectivity index (χ4n) is 5.04. The molecule has 4 aliphatic rings. The van der Waals surface area contributed by atoms with E-state index in [9.17, 15) is 4.79 Å². The van der Waals surface area contributed by atoms with Crippen molar-refractivity contribution in [2.45, 2.75) is 57.0 Å². The van der Waals surface area contributed by atoms with Crippen LogP contribution < -0.4 is 0 Å². The molecule has 0 aromatic heterocycles. The first kappa shape index (κ1) is 11.3. The van der Waals surface area contributed by atoms with Crippen LogP contribution in [0.5, 0.6) is 0 Å². The topological polar surface area (TPSA) is 23.6 Å². The fraction of sp³-hybridized carbons (Fsp3) is 0.933. The molecule has 0 aromatic rings. The quantitative estimate of drug-likeness (QED) is 0.653. The van der Waals surface area contributed by atoms with Crippen molar-refractivity contribution in [3.05, 3.63) is 0 Å². The van der Waals surface area contributed by atoms with E-state index in [1.807, 2.05) is 0 Å². The summed E-state index contributed by atoms with van der Waals surface area (Å²) >= 11 is 0. The highest BCUT2D eigenvalue weighted by Crippen LogP contribution is 2.43. The molecule has 0 spiro atoms. The molecule has 1 amide bonds. The smallest absolute Gasteiger partial charge is 0.227 e. The van der Waals surface area contributed by atoms with Gasteiger partial charge in [0.25, 0.3) is 0 Å².